The summed E-state index contributed by atoms with van der Waals surface area (Å²) in [7, 11) is 0. The fourth-order valence-corrected chi connectivity index (χ4v) is 2.80. The number of anilines is 2. The number of nitrogens with one attached hydrogen (secondary N) is 1. The highest BCUT2D eigenvalue weighted by atomic mass is 79.9. The van der Waals surface area contributed by atoms with Gasteiger partial charge < -0.3 is 10.2 Å². The summed E-state index contributed by atoms with van der Waals surface area (Å²) >= 11 is 3.35. The maximum Gasteiger partial charge on any atom is 0.229 e. The van der Waals surface area contributed by atoms with Gasteiger partial charge in [0, 0.05) is 28.8 Å². The molecule has 0 bridgehead atoms. The van der Waals surface area contributed by atoms with E-state index in [2.05, 4.69) is 21.2 Å². The topological polar surface area (TPSA) is 49.4 Å². The van der Waals surface area contributed by atoms with Gasteiger partial charge in [0.2, 0.25) is 11.8 Å². The molecule has 23 heavy (non-hydrogen) atoms. The first-order chi connectivity index (χ1) is 11.0. The fraction of sp³-hybridized carbons (Fsp3) is 0.176. The first-order valence-corrected chi connectivity index (χ1v) is 7.94. The molecule has 6 heteroatoms. The molecule has 0 aromatic heterocycles. The molecule has 0 radical (unpaired) electrons. The number of carbonyl (C=O) groups is 2. The van der Waals surface area contributed by atoms with Crippen molar-refractivity contribution in [3.8, 4) is 0 Å². The van der Waals surface area contributed by atoms with Crippen molar-refractivity contribution >= 4 is 39.1 Å². The lowest BCUT2D eigenvalue weighted by Gasteiger charge is -2.16. The van der Waals surface area contributed by atoms with E-state index in [0.29, 0.717) is 12.2 Å². The second-order valence-corrected chi connectivity index (χ2v) is 6.29. The van der Waals surface area contributed by atoms with E-state index >= 15 is 0 Å². The van der Waals surface area contributed by atoms with Crippen molar-refractivity contribution in [3.05, 3.63) is 58.8 Å². The maximum absolute atomic E-state index is 12.9. The molecule has 0 saturated carbocycles. The van der Waals surface area contributed by atoms with E-state index in [1.54, 1.807) is 4.90 Å². The van der Waals surface area contributed by atoms with Gasteiger partial charge in [0.1, 0.15) is 5.82 Å². The highest BCUT2D eigenvalue weighted by Crippen LogP contribution is 2.27. The lowest BCUT2D eigenvalue weighted by Crippen LogP contribution is -2.28. The third-order valence-electron chi connectivity index (χ3n) is 3.75. The van der Waals surface area contributed by atoms with E-state index in [1.165, 1.54) is 24.3 Å². The van der Waals surface area contributed by atoms with E-state index in [1.807, 2.05) is 24.3 Å². The summed E-state index contributed by atoms with van der Waals surface area (Å²) in [6, 6.07) is 12.9. The normalized spacial score (nSPS) is 17.4. The lowest BCUT2D eigenvalue weighted by molar-refractivity contribution is -0.122. The number of benzene rings is 2. The first kappa shape index (κ1) is 15.7. The molecule has 0 spiro atoms. The van der Waals surface area contributed by atoms with Crippen molar-refractivity contribution in [1.82, 2.24) is 0 Å². The third-order valence-corrected chi connectivity index (χ3v) is 4.27. The Labute approximate surface area is 141 Å². The Kier molecular flexibility index (Phi) is 4.43. The van der Waals surface area contributed by atoms with Gasteiger partial charge in [-0.25, -0.2) is 4.39 Å². The minimum absolute atomic E-state index is 0.0772. The average molecular weight is 377 g/mol. The third kappa shape index (κ3) is 3.59. The van der Waals surface area contributed by atoms with Gasteiger partial charge in [0.15, 0.2) is 0 Å². The summed E-state index contributed by atoms with van der Waals surface area (Å²) < 4.78 is 13.8. The molecule has 2 aromatic carbocycles. The number of rotatable bonds is 3. The van der Waals surface area contributed by atoms with Gasteiger partial charge in [0.25, 0.3) is 0 Å². The van der Waals surface area contributed by atoms with Crippen LogP contribution in [0.1, 0.15) is 6.42 Å². The van der Waals surface area contributed by atoms with Crippen LogP contribution in [-0.2, 0) is 9.59 Å². The van der Waals surface area contributed by atoms with E-state index < -0.39 is 5.92 Å². The van der Waals surface area contributed by atoms with E-state index in [9.17, 15) is 14.0 Å². The fourth-order valence-electron chi connectivity index (χ4n) is 2.53. The largest absolute Gasteiger partial charge is 0.326 e. The van der Waals surface area contributed by atoms with Crippen molar-refractivity contribution < 1.29 is 14.0 Å². The Bertz CT molecular complexity index is 731. The first-order valence-electron chi connectivity index (χ1n) is 7.15. The van der Waals surface area contributed by atoms with Crippen molar-refractivity contribution in [2.24, 2.45) is 5.92 Å². The number of hydrogen-bond donors (Lipinski definition) is 1. The number of hydrogen-bond acceptors (Lipinski definition) is 2. The molecule has 1 unspecified atom stereocenters. The van der Waals surface area contributed by atoms with Crippen LogP contribution in [0.4, 0.5) is 15.8 Å². The summed E-state index contributed by atoms with van der Waals surface area (Å²) in [5.74, 6) is -1.09. The molecule has 1 aliphatic rings. The Morgan fingerprint density at radius 3 is 2.43 bits per heavy atom. The maximum atomic E-state index is 12.9. The summed E-state index contributed by atoms with van der Waals surface area (Å²) in [5.41, 5.74) is 1.29. The summed E-state index contributed by atoms with van der Waals surface area (Å²) in [6.45, 7) is 0.341. The van der Waals surface area contributed by atoms with Crippen LogP contribution in [0.15, 0.2) is 53.0 Å². The van der Waals surface area contributed by atoms with Gasteiger partial charge in [-0.05, 0) is 48.5 Å². The van der Waals surface area contributed by atoms with E-state index in [-0.39, 0.29) is 24.1 Å². The Hall–Kier alpha value is -2.21. The zero-order valence-corrected chi connectivity index (χ0v) is 13.7. The van der Waals surface area contributed by atoms with Gasteiger partial charge in [-0.2, -0.15) is 0 Å². The van der Waals surface area contributed by atoms with Crippen LogP contribution in [-0.4, -0.2) is 18.4 Å². The van der Waals surface area contributed by atoms with Crippen LogP contribution in [0.3, 0.4) is 0 Å². The van der Waals surface area contributed by atoms with Crippen molar-refractivity contribution in [1.29, 1.82) is 0 Å². The van der Waals surface area contributed by atoms with Gasteiger partial charge in [-0.1, -0.05) is 15.9 Å². The smallest absolute Gasteiger partial charge is 0.229 e. The Balaban J connectivity index is 1.68. The monoisotopic (exact) mass is 376 g/mol. The summed E-state index contributed by atoms with van der Waals surface area (Å²) in [6.07, 6.45) is 0.170. The highest BCUT2D eigenvalue weighted by molar-refractivity contribution is 9.10. The average Bonchev–Trinajstić information content (AvgIpc) is 2.92. The predicted octanol–water partition coefficient (Wildman–Crippen LogP) is 3.58. The van der Waals surface area contributed by atoms with Crippen LogP contribution in [0, 0.1) is 11.7 Å². The molecular formula is C17H14BrFN2O2. The van der Waals surface area contributed by atoms with Gasteiger partial charge in [-0.3, -0.25) is 9.59 Å². The standard InChI is InChI=1S/C17H14BrFN2O2/c18-12-1-7-15(8-2-12)21-10-11(9-16(21)22)17(23)20-14-5-3-13(19)4-6-14/h1-8,11H,9-10H2,(H,20,23). The van der Waals surface area contributed by atoms with E-state index in [0.717, 1.165) is 10.2 Å². The van der Waals surface area contributed by atoms with Crippen LogP contribution in [0.2, 0.25) is 0 Å². The molecule has 1 N–H and O–H groups in total. The van der Waals surface area contributed by atoms with Crippen molar-refractivity contribution in [2.75, 3.05) is 16.8 Å². The molecule has 118 valence electrons. The van der Waals surface area contributed by atoms with Crippen LogP contribution < -0.4 is 10.2 Å². The molecule has 2 amide bonds. The molecular weight excluding hydrogens is 363 g/mol. The Morgan fingerprint density at radius 2 is 1.78 bits per heavy atom. The number of nitrogens with zero attached hydrogens (tertiary/aromatic N) is 1. The quantitative estimate of drug-likeness (QED) is 0.889. The SMILES string of the molecule is O=C(Nc1ccc(F)cc1)C1CC(=O)N(c2ccc(Br)cc2)C1. The van der Waals surface area contributed by atoms with Crippen LogP contribution in [0.25, 0.3) is 0 Å². The second kappa shape index (κ2) is 6.50. The van der Waals surface area contributed by atoms with Crippen molar-refractivity contribution in [2.45, 2.75) is 6.42 Å². The zero-order chi connectivity index (χ0) is 16.4. The highest BCUT2D eigenvalue weighted by Gasteiger charge is 2.35. The molecule has 1 saturated heterocycles. The molecule has 0 aliphatic carbocycles. The number of amides is 2. The Morgan fingerprint density at radius 1 is 1.13 bits per heavy atom. The predicted molar refractivity (Wildman–Crippen MR) is 89.6 cm³/mol. The number of carbonyl (C=O) groups excluding carboxylic acids is 2. The van der Waals surface area contributed by atoms with E-state index in [4.69, 9.17) is 0 Å². The molecule has 3 rings (SSSR count). The zero-order valence-electron chi connectivity index (χ0n) is 12.1. The lowest BCUT2D eigenvalue weighted by atomic mass is 10.1. The summed E-state index contributed by atoms with van der Waals surface area (Å²) in [4.78, 5) is 26.1. The molecule has 1 atom stereocenters. The van der Waals surface area contributed by atoms with Crippen LogP contribution >= 0.6 is 15.9 Å². The minimum atomic E-state index is -0.420. The summed E-state index contributed by atoms with van der Waals surface area (Å²) in [5, 5.41) is 2.72. The number of halogens is 2. The molecule has 1 aliphatic heterocycles. The van der Waals surface area contributed by atoms with Crippen molar-refractivity contribution in [3.63, 3.8) is 0 Å². The van der Waals surface area contributed by atoms with Gasteiger partial charge in [-0.15, -0.1) is 0 Å². The minimum Gasteiger partial charge on any atom is -0.326 e. The molecule has 4 nitrogen and oxygen atoms in total. The van der Waals surface area contributed by atoms with Crippen LogP contribution in [0.5, 0.6) is 0 Å². The molecule has 1 heterocycles. The molecule has 1 fully saturated rings. The second-order valence-electron chi connectivity index (χ2n) is 5.38. The van der Waals surface area contributed by atoms with Gasteiger partial charge in [0.05, 0.1) is 5.92 Å². The van der Waals surface area contributed by atoms with Gasteiger partial charge >= 0.3 is 0 Å². The molecule has 2 aromatic rings.